The van der Waals surface area contributed by atoms with Crippen molar-refractivity contribution in [3.8, 4) is 0 Å². The van der Waals surface area contributed by atoms with Gasteiger partial charge >= 0.3 is 6.18 Å². The standard InChI is InChI=1S/C24H26F4N4O3/c25-20-5-4-17(11-29-20)23(35)8-6-19(7-9-23)32-13-18(14-32)31-21(33)12-30-22(34)15-2-1-3-16(10-15)24(26,27)28/h1-5,10-11,18-19,35H,6-9,12-14H2,(H,30,34)(H,31,33). The van der Waals surface area contributed by atoms with Crippen molar-refractivity contribution in [1.82, 2.24) is 20.5 Å². The molecule has 3 N–H and O–H groups in total. The summed E-state index contributed by atoms with van der Waals surface area (Å²) in [5, 5.41) is 16.1. The Balaban J connectivity index is 1.18. The van der Waals surface area contributed by atoms with Crippen LogP contribution < -0.4 is 10.6 Å². The summed E-state index contributed by atoms with van der Waals surface area (Å²) in [5.74, 6) is -1.76. The van der Waals surface area contributed by atoms with E-state index in [0.29, 0.717) is 31.5 Å². The van der Waals surface area contributed by atoms with Gasteiger partial charge in [0.05, 0.1) is 23.8 Å². The van der Waals surface area contributed by atoms with Gasteiger partial charge in [0.25, 0.3) is 5.91 Å². The molecular weight excluding hydrogens is 468 g/mol. The van der Waals surface area contributed by atoms with Crippen molar-refractivity contribution in [1.29, 1.82) is 0 Å². The summed E-state index contributed by atoms with van der Waals surface area (Å²) in [6.07, 6.45) is -0.626. The zero-order valence-corrected chi connectivity index (χ0v) is 18.8. The number of rotatable bonds is 6. The largest absolute Gasteiger partial charge is 0.416 e. The van der Waals surface area contributed by atoms with Crippen LogP contribution in [0.5, 0.6) is 0 Å². The van der Waals surface area contributed by atoms with E-state index in [0.717, 1.165) is 31.0 Å². The zero-order valence-electron chi connectivity index (χ0n) is 18.8. The van der Waals surface area contributed by atoms with E-state index >= 15 is 0 Å². The highest BCUT2D eigenvalue weighted by Gasteiger charge is 2.40. The van der Waals surface area contributed by atoms with Gasteiger partial charge in [-0.25, -0.2) is 4.98 Å². The lowest BCUT2D eigenvalue weighted by Crippen LogP contribution is -2.63. The lowest BCUT2D eigenvalue weighted by atomic mass is 9.77. The molecule has 11 heteroatoms. The highest BCUT2D eigenvalue weighted by atomic mass is 19.4. The number of carbonyl (C=O) groups excluding carboxylic acids is 2. The van der Waals surface area contributed by atoms with Crippen LogP contribution >= 0.6 is 0 Å². The molecule has 0 radical (unpaired) electrons. The fourth-order valence-electron chi connectivity index (χ4n) is 4.67. The van der Waals surface area contributed by atoms with Gasteiger partial charge in [-0.1, -0.05) is 12.1 Å². The second kappa shape index (κ2) is 9.90. The fourth-order valence-corrected chi connectivity index (χ4v) is 4.67. The van der Waals surface area contributed by atoms with Gasteiger partial charge in [-0.15, -0.1) is 0 Å². The number of aliphatic hydroxyl groups is 1. The van der Waals surface area contributed by atoms with Gasteiger partial charge in [0, 0.05) is 36.5 Å². The summed E-state index contributed by atoms with van der Waals surface area (Å²) in [5.41, 5.74) is -1.51. The molecule has 1 saturated heterocycles. The van der Waals surface area contributed by atoms with E-state index in [1.54, 1.807) is 6.07 Å². The van der Waals surface area contributed by atoms with Crippen molar-refractivity contribution in [3.63, 3.8) is 0 Å². The summed E-state index contributed by atoms with van der Waals surface area (Å²) >= 11 is 0. The van der Waals surface area contributed by atoms with Crippen LogP contribution in [0.25, 0.3) is 0 Å². The molecule has 2 aromatic rings. The van der Waals surface area contributed by atoms with E-state index in [4.69, 9.17) is 0 Å². The second-order valence-electron chi connectivity index (χ2n) is 9.11. The quantitative estimate of drug-likeness (QED) is 0.424. The highest BCUT2D eigenvalue weighted by Crippen LogP contribution is 2.39. The number of likely N-dealkylation sites (tertiary alicyclic amines) is 1. The highest BCUT2D eigenvalue weighted by molar-refractivity contribution is 5.96. The Kier molecular flexibility index (Phi) is 7.09. The lowest BCUT2D eigenvalue weighted by molar-refractivity contribution is -0.137. The van der Waals surface area contributed by atoms with Crippen LogP contribution in [0.1, 0.15) is 47.2 Å². The molecule has 2 aliphatic rings. The van der Waals surface area contributed by atoms with Crippen LogP contribution in [-0.4, -0.2) is 58.5 Å². The zero-order chi connectivity index (χ0) is 25.2. The van der Waals surface area contributed by atoms with E-state index in [1.807, 2.05) is 0 Å². The van der Waals surface area contributed by atoms with Crippen LogP contribution in [0.3, 0.4) is 0 Å². The maximum atomic E-state index is 13.1. The van der Waals surface area contributed by atoms with Crippen LogP contribution in [0.4, 0.5) is 17.6 Å². The van der Waals surface area contributed by atoms with Crippen LogP contribution in [-0.2, 0) is 16.6 Å². The second-order valence-corrected chi connectivity index (χ2v) is 9.11. The first-order valence-corrected chi connectivity index (χ1v) is 11.4. The smallest absolute Gasteiger partial charge is 0.385 e. The molecule has 2 heterocycles. The van der Waals surface area contributed by atoms with Gasteiger partial charge in [0.2, 0.25) is 11.9 Å². The number of nitrogens with zero attached hydrogens (tertiary/aromatic N) is 2. The van der Waals surface area contributed by atoms with Gasteiger partial charge in [-0.2, -0.15) is 17.6 Å². The first kappa shape index (κ1) is 25.1. The van der Waals surface area contributed by atoms with E-state index < -0.39 is 35.1 Å². The van der Waals surface area contributed by atoms with Crippen molar-refractivity contribution in [2.45, 2.75) is 49.5 Å². The van der Waals surface area contributed by atoms with E-state index in [2.05, 4.69) is 20.5 Å². The monoisotopic (exact) mass is 494 g/mol. The molecule has 1 aliphatic carbocycles. The number of nitrogens with one attached hydrogen (secondary N) is 2. The molecule has 0 spiro atoms. The van der Waals surface area contributed by atoms with Crippen LogP contribution in [0, 0.1) is 5.95 Å². The normalized spacial score (nSPS) is 23.4. The summed E-state index contributed by atoms with van der Waals surface area (Å²) in [4.78, 5) is 30.1. The molecule has 4 rings (SSSR count). The molecule has 1 aliphatic heterocycles. The Hall–Kier alpha value is -3.05. The summed E-state index contributed by atoms with van der Waals surface area (Å²) < 4.78 is 51.5. The Bertz CT molecular complexity index is 1060. The molecule has 0 atom stereocenters. The molecule has 35 heavy (non-hydrogen) atoms. The predicted molar refractivity (Wildman–Crippen MR) is 118 cm³/mol. The first-order chi connectivity index (χ1) is 16.5. The topological polar surface area (TPSA) is 94.6 Å². The summed E-state index contributed by atoms with van der Waals surface area (Å²) in [7, 11) is 0. The third-order valence-corrected chi connectivity index (χ3v) is 6.70. The van der Waals surface area contributed by atoms with Gasteiger partial charge < -0.3 is 15.7 Å². The average molecular weight is 494 g/mol. The Morgan fingerprint density at radius 3 is 2.49 bits per heavy atom. The Labute approximate surface area is 199 Å². The van der Waals surface area contributed by atoms with E-state index in [1.165, 1.54) is 18.3 Å². The van der Waals surface area contributed by atoms with Crippen molar-refractivity contribution in [2.75, 3.05) is 19.6 Å². The maximum Gasteiger partial charge on any atom is 0.416 e. The van der Waals surface area contributed by atoms with Gasteiger partial charge in [0.1, 0.15) is 0 Å². The minimum absolute atomic E-state index is 0.0879. The van der Waals surface area contributed by atoms with Crippen LogP contribution in [0.15, 0.2) is 42.6 Å². The SMILES string of the molecule is O=C(CNC(=O)c1cccc(C(F)(F)F)c1)NC1CN(C2CCC(O)(c3ccc(F)nc3)CC2)C1. The minimum Gasteiger partial charge on any atom is -0.385 e. The number of alkyl halides is 3. The molecule has 7 nitrogen and oxygen atoms in total. The number of hydrogen-bond donors (Lipinski definition) is 3. The number of amides is 2. The predicted octanol–water partition coefficient (Wildman–Crippen LogP) is 2.60. The van der Waals surface area contributed by atoms with Crippen molar-refractivity contribution >= 4 is 11.8 Å². The maximum absolute atomic E-state index is 13.1. The first-order valence-electron chi connectivity index (χ1n) is 11.4. The summed E-state index contributed by atoms with van der Waals surface area (Å²) in [6, 6.07) is 6.99. The number of benzene rings is 1. The van der Waals surface area contributed by atoms with Crippen LogP contribution in [0.2, 0.25) is 0 Å². The van der Waals surface area contributed by atoms with E-state index in [9.17, 15) is 32.3 Å². The number of aromatic nitrogens is 1. The number of pyridine rings is 1. The number of halogens is 4. The third kappa shape index (κ3) is 5.96. The number of carbonyl (C=O) groups is 2. The van der Waals surface area contributed by atoms with Gasteiger partial charge in [0.15, 0.2) is 0 Å². The molecule has 2 amide bonds. The molecule has 188 valence electrons. The van der Waals surface area contributed by atoms with Crippen molar-refractivity contribution in [2.24, 2.45) is 0 Å². The number of hydrogen-bond acceptors (Lipinski definition) is 5. The third-order valence-electron chi connectivity index (χ3n) is 6.70. The fraction of sp³-hybridized carbons (Fsp3) is 0.458. The molecule has 1 saturated carbocycles. The molecule has 2 fully saturated rings. The summed E-state index contributed by atoms with van der Waals surface area (Å²) in [6.45, 7) is 0.927. The van der Waals surface area contributed by atoms with Gasteiger partial charge in [-0.05, 0) is 49.9 Å². The molecule has 1 aromatic heterocycles. The molecule has 0 unspecified atom stereocenters. The Morgan fingerprint density at radius 1 is 1.14 bits per heavy atom. The lowest BCUT2D eigenvalue weighted by Gasteiger charge is -2.48. The molecule has 0 bridgehead atoms. The van der Waals surface area contributed by atoms with E-state index in [-0.39, 0.29) is 24.2 Å². The van der Waals surface area contributed by atoms with Crippen molar-refractivity contribution < 1.29 is 32.3 Å². The minimum atomic E-state index is -4.56. The average Bonchev–Trinajstić information content (AvgIpc) is 2.80. The van der Waals surface area contributed by atoms with Gasteiger partial charge in [-0.3, -0.25) is 14.5 Å². The molecular formula is C24H26F4N4O3. The van der Waals surface area contributed by atoms with Crippen molar-refractivity contribution in [3.05, 3.63) is 65.2 Å². The Morgan fingerprint density at radius 2 is 1.86 bits per heavy atom. The molecule has 1 aromatic carbocycles.